The summed E-state index contributed by atoms with van der Waals surface area (Å²) < 4.78 is 5.91. The smallest absolute Gasteiger partial charge is 0.182 e. The number of aromatic nitrogens is 4. The number of imidazole rings is 1. The maximum atomic E-state index is 5.91. The van der Waals surface area contributed by atoms with Gasteiger partial charge in [-0.05, 0) is 20.8 Å². The molecule has 1 aliphatic rings. The van der Waals surface area contributed by atoms with Gasteiger partial charge in [0.2, 0.25) is 0 Å². The number of H-pyrrole nitrogens is 1. The minimum Gasteiger partial charge on any atom is -0.369 e. The van der Waals surface area contributed by atoms with Gasteiger partial charge in [0, 0.05) is 13.1 Å². The lowest BCUT2D eigenvalue weighted by Crippen LogP contribution is -2.52. The molecule has 2 aromatic rings. The minimum absolute atomic E-state index is 0.172. The van der Waals surface area contributed by atoms with Crippen molar-refractivity contribution in [2.75, 3.05) is 18.0 Å². The highest BCUT2D eigenvalue weighted by Crippen LogP contribution is 2.27. The average molecular weight is 247 g/mol. The molecular formula is C12H17N5O. The number of anilines is 1. The highest BCUT2D eigenvalue weighted by Gasteiger charge is 2.32. The summed E-state index contributed by atoms with van der Waals surface area (Å²) in [6.45, 7) is 7.91. The first-order valence-electron chi connectivity index (χ1n) is 6.12. The van der Waals surface area contributed by atoms with Crippen LogP contribution in [0.1, 0.15) is 20.8 Å². The standard InChI is InChI=1S/C12H17N5O/c1-8-4-17(5-12(2,3)18-8)11-9-10(14-6-13-9)15-7-16-11/h6-8H,4-5H2,1-3H3,(H,13,14,15,16). The lowest BCUT2D eigenvalue weighted by molar-refractivity contribution is -0.0751. The van der Waals surface area contributed by atoms with Gasteiger partial charge in [0.25, 0.3) is 0 Å². The molecule has 0 radical (unpaired) electrons. The third kappa shape index (κ3) is 1.92. The predicted molar refractivity (Wildman–Crippen MR) is 68.5 cm³/mol. The Kier molecular flexibility index (Phi) is 2.48. The van der Waals surface area contributed by atoms with Crippen molar-refractivity contribution >= 4 is 17.0 Å². The fourth-order valence-electron chi connectivity index (χ4n) is 2.61. The van der Waals surface area contributed by atoms with Crippen LogP contribution in [0.4, 0.5) is 5.82 Å². The van der Waals surface area contributed by atoms with E-state index in [4.69, 9.17) is 4.74 Å². The Morgan fingerprint density at radius 1 is 1.39 bits per heavy atom. The highest BCUT2D eigenvalue weighted by molar-refractivity contribution is 5.82. The van der Waals surface area contributed by atoms with Gasteiger partial charge in [-0.25, -0.2) is 15.0 Å². The summed E-state index contributed by atoms with van der Waals surface area (Å²) in [6.07, 6.45) is 3.39. The van der Waals surface area contributed by atoms with Crippen molar-refractivity contribution in [1.82, 2.24) is 19.9 Å². The van der Waals surface area contributed by atoms with Crippen molar-refractivity contribution in [1.29, 1.82) is 0 Å². The zero-order valence-corrected chi connectivity index (χ0v) is 10.8. The van der Waals surface area contributed by atoms with Crippen LogP contribution in [0.3, 0.4) is 0 Å². The number of aromatic amines is 1. The van der Waals surface area contributed by atoms with Crippen molar-refractivity contribution < 1.29 is 4.74 Å². The molecule has 1 atom stereocenters. The van der Waals surface area contributed by atoms with Gasteiger partial charge in [0.1, 0.15) is 11.8 Å². The fraction of sp³-hybridized carbons (Fsp3) is 0.583. The third-order valence-corrected chi connectivity index (χ3v) is 3.07. The molecule has 0 aliphatic carbocycles. The number of hydrogen-bond donors (Lipinski definition) is 1. The first kappa shape index (κ1) is 11.4. The summed E-state index contributed by atoms with van der Waals surface area (Å²) in [5.41, 5.74) is 1.42. The van der Waals surface area contributed by atoms with Crippen LogP contribution in [0, 0.1) is 0 Å². The predicted octanol–water partition coefficient (Wildman–Crippen LogP) is 1.36. The van der Waals surface area contributed by atoms with E-state index >= 15 is 0 Å². The van der Waals surface area contributed by atoms with Crippen LogP contribution in [0.15, 0.2) is 12.7 Å². The molecule has 1 N–H and O–H groups in total. The van der Waals surface area contributed by atoms with Gasteiger partial charge in [0.15, 0.2) is 11.5 Å². The Bertz CT molecular complexity index is 564. The topological polar surface area (TPSA) is 66.9 Å². The maximum absolute atomic E-state index is 5.91. The van der Waals surface area contributed by atoms with Crippen molar-refractivity contribution in [3.63, 3.8) is 0 Å². The van der Waals surface area contributed by atoms with E-state index in [0.717, 1.165) is 24.4 Å². The maximum Gasteiger partial charge on any atom is 0.182 e. The van der Waals surface area contributed by atoms with E-state index in [9.17, 15) is 0 Å². The van der Waals surface area contributed by atoms with Gasteiger partial charge in [-0.1, -0.05) is 0 Å². The van der Waals surface area contributed by atoms with Gasteiger partial charge < -0.3 is 14.6 Å². The molecule has 18 heavy (non-hydrogen) atoms. The van der Waals surface area contributed by atoms with Crippen molar-refractivity contribution in [3.05, 3.63) is 12.7 Å². The van der Waals surface area contributed by atoms with Gasteiger partial charge in [0.05, 0.1) is 18.0 Å². The molecule has 0 spiro atoms. The molecule has 0 bridgehead atoms. The molecule has 6 nitrogen and oxygen atoms in total. The summed E-state index contributed by atoms with van der Waals surface area (Å²) in [5, 5.41) is 0. The number of rotatable bonds is 1. The Balaban J connectivity index is 2.01. The van der Waals surface area contributed by atoms with Crippen LogP contribution in [0.5, 0.6) is 0 Å². The summed E-state index contributed by atoms with van der Waals surface area (Å²) >= 11 is 0. The Labute approximate surface area is 105 Å². The quantitative estimate of drug-likeness (QED) is 0.824. The van der Waals surface area contributed by atoms with Gasteiger partial charge in [-0.15, -0.1) is 0 Å². The average Bonchev–Trinajstić information content (AvgIpc) is 2.73. The van der Waals surface area contributed by atoms with E-state index < -0.39 is 0 Å². The van der Waals surface area contributed by atoms with Crippen LogP contribution < -0.4 is 4.90 Å². The summed E-state index contributed by atoms with van der Waals surface area (Å²) in [5.74, 6) is 0.903. The van der Waals surface area contributed by atoms with Crippen LogP contribution in [0.2, 0.25) is 0 Å². The molecule has 3 rings (SSSR count). The molecule has 1 unspecified atom stereocenters. The van der Waals surface area contributed by atoms with E-state index in [1.807, 2.05) is 0 Å². The third-order valence-electron chi connectivity index (χ3n) is 3.07. The summed E-state index contributed by atoms with van der Waals surface area (Å²) in [4.78, 5) is 18.0. The normalized spacial score (nSPS) is 23.5. The zero-order valence-electron chi connectivity index (χ0n) is 10.8. The molecule has 6 heteroatoms. The molecule has 0 amide bonds. The van der Waals surface area contributed by atoms with E-state index in [1.165, 1.54) is 0 Å². The largest absolute Gasteiger partial charge is 0.369 e. The van der Waals surface area contributed by atoms with Gasteiger partial charge in [-0.3, -0.25) is 0 Å². The number of ether oxygens (including phenoxy) is 1. The van der Waals surface area contributed by atoms with Crippen LogP contribution in [0.25, 0.3) is 11.2 Å². The van der Waals surface area contributed by atoms with Crippen molar-refractivity contribution in [2.24, 2.45) is 0 Å². The first-order chi connectivity index (χ1) is 8.55. The number of nitrogens with one attached hydrogen (secondary N) is 1. The van der Waals surface area contributed by atoms with Crippen LogP contribution in [-0.2, 0) is 4.74 Å². The number of morpholine rings is 1. The van der Waals surface area contributed by atoms with Crippen molar-refractivity contribution in [3.8, 4) is 0 Å². The van der Waals surface area contributed by atoms with E-state index in [0.29, 0.717) is 5.65 Å². The summed E-state index contributed by atoms with van der Waals surface area (Å²) in [7, 11) is 0. The number of fused-ring (bicyclic) bond motifs is 1. The lowest BCUT2D eigenvalue weighted by atomic mass is 10.1. The Hall–Kier alpha value is -1.69. The van der Waals surface area contributed by atoms with Crippen LogP contribution >= 0.6 is 0 Å². The molecule has 1 saturated heterocycles. The summed E-state index contributed by atoms with van der Waals surface area (Å²) in [6, 6.07) is 0. The zero-order chi connectivity index (χ0) is 12.8. The van der Waals surface area contributed by atoms with Crippen molar-refractivity contribution in [2.45, 2.75) is 32.5 Å². The molecule has 1 aliphatic heterocycles. The minimum atomic E-state index is -0.172. The second-order valence-electron chi connectivity index (χ2n) is 5.37. The molecule has 0 saturated carbocycles. The molecule has 3 heterocycles. The SMILES string of the molecule is CC1CN(c2ncnc3nc[nH]c23)CC(C)(C)O1. The first-order valence-corrected chi connectivity index (χ1v) is 6.12. The van der Waals surface area contributed by atoms with Crippen LogP contribution in [-0.4, -0.2) is 44.7 Å². The monoisotopic (exact) mass is 247 g/mol. The number of nitrogens with zero attached hydrogens (tertiary/aromatic N) is 4. The molecular weight excluding hydrogens is 230 g/mol. The second kappa shape index (κ2) is 3.91. The molecule has 96 valence electrons. The second-order valence-corrected chi connectivity index (χ2v) is 5.37. The Morgan fingerprint density at radius 3 is 3.00 bits per heavy atom. The molecule has 2 aromatic heterocycles. The highest BCUT2D eigenvalue weighted by atomic mass is 16.5. The molecule has 0 aromatic carbocycles. The van der Waals surface area contributed by atoms with E-state index in [2.05, 4.69) is 45.6 Å². The fourth-order valence-corrected chi connectivity index (χ4v) is 2.61. The van der Waals surface area contributed by atoms with E-state index in [-0.39, 0.29) is 11.7 Å². The lowest BCUT2D eigenvalue weighted by Gasteiger charge is -2.42. The Morgan fingerprint density at radius 2 is 2.22 bits per heavy atom. The van der Waals surface area contributed by atoms with Gasteiger partial charge in [-0.2, -0.15) is 0 Å². The number of hydrogen-bond acceptors (Lipinski definition) is 5. The molecule has 1 fully saturated rings. The van der Waals surface area contributed by atoms with Gasteiger partial charge >= 0.3 is 0 Å². The van der Waals surface area contributed by atoms with E-state index in [1.54, 1.807) is 12.7 Å².